The van der Waals surface area contributed by atoms with Gasteiger partial charge in [-0.05, 0) is 12.1 Å². The largest absolute Gasteiger partial charge is 0.446 e. The molecule has 1 aliphatic heterocycles. The van der Waals surface area contributed by atoms with Gasteiger partial charge >= 0.3 is 5.97 Å². The first-order valence-electron chi connectivity index (χ1n) is 5.28. The van der Waals surface area contributed by atoms with Crippen molar-refractivity contribution in [1.29, 1.82) is 0 Å². The first-order chi connectivity index (χ1) is 8.04. The van der Waals surface area contributed by atoms with Gasteiger partial charge in [0.15, 0.2) is 6.10 Å². The van der Waals surface area contributed by atoms with Crippen molar-refractivity contribution in [3.63, 3.8) is 0 Å². The molecule has 2 rings (SSSR count). The summed E-state index contributed by atoms with van der Waals surface area (Å²) >= 11 is 0. The number of nitro groups is 1. The second-order valence-corrected chi connectivity index (χ2v) is 3.93. The summed E-state index contributed by atoms with van der Waals surface area (Å²) in [5, 5.41) is 10.9. The van der Waals surface area contributed by atoms with Crippen LogP contribution in [0.4, 0.5) is 5.69 Å². The van der Waals surface area contributed by atoms with Crippen molar-refractivity contribution in [2.45, 2.75) is 25.5 Å². The molecule has 17 heavy (non-hydrogen) atoms. The second-order valence-electron chi connectivity index (χ2n) is 3.93. The first-order valence-corrected chi connectivity index (χ1v) is 5.28. The van der Waals surface area contributed by atoms with Crippen molar-refractivity contribution in [3.05, 3.63) is 39.4 Å². The Balaban J connectivity index is 2.43. The van der Waals surface area contributed by atoms with E-state index in [0.717, 1.165) is 0 Å². The van der Waals surface area contributed by atoms with E-state index in [1.165, 1.54) is 6.07 Å². The molecule has 0 amide bonds. The summed E-state index contributed by atoms with van der Waals surface area (Å²) in [5.74, 6) is -0.544. The number of carbonyl (C=O) groups excluding carboxylic acids is 1. The van der Waals surface area contributed by atoms with Crippen LogP contribution in [0, 0.1) is 10.1 Å². The van der Waals surface area contributed by atoms with E-state index in [1.54, 1.807) is 19.1 Å². The number of benzene rings is 1. The van der Waals surface area contributed by atoms with Crippen LogP contribution in [-0.2, 0) is 4.74 Å². The van der Waals surface area contributed by atoms with Crippen molar-refractivity contribution in [2.24, 2.45) is 0 Å². The number of nitrogens with zero attached hydrogens (tertiary/aromatic N) is 1. The Hall–Kier alpha value is -2.11. The average molecular weight is 236 g/mol. The molecule has 1 aromatic rings. The van der Waals surface area contributed by atoms with Crippen molar-refractivity contribution in [2.75, 3.05) is 5.73 Å². The van der Waals surface area contributed by atoms with E-state index in [4.69, 9.17) is 10.5 Å². The first kappa shape index (κ1) is 11.4. The zero-order chi connectivity index (χ0) is 12.6. The minimum atomic E-state index is -0.913. The molecule has 1 aliphatic rings. The monoisotopic (exact) mass is 236 g/mol. The number of cyclic esters (lactones) is 1. The van der Waals surface area contributed by atoms with Gasteiger partial charge in [-0.3, -0.25) is 10.1 Å². The summed E-state index contributed by atoms with van der Waals surface area (Å²) in [5.41, 5.74) is 6.88. The highest BCUT2D eigenvalue weighted by molar-refractivity contribution is 5.95. The van der Waals surface area contributed by atoms with Crippen LogP contribution in [0.25, 0.3) is 0 Å². The molecule has 90 valence electrons. The lowest BCUT2D eigenvalue weighted by atomic mass is 9.98. The van der Waals surface area contributed by atoms with Gasteiger partial charge in [-0.2, -0.15) is 0 Å². The second kappa shape index (κ2) is 4.04. The molecule has 6 heteroatoms. The number of hydrogen-bond donors (Lipinski definition) is 1. The van der Waals surface area contributed by atoms with E-state index < -0.39 is 23.0 Å². The third-order valence-corrected chi connectivity index (χ3v) is 2.88. The number of esters is 1. The summed E-state index contributed by atoms with van der Waals surface area (Å²) < 4.78 is 5.06. The molecule has 0 saturated heterocycles. The van der Waals surface area contributed by atoms with Crippen LogP contribution < -0.4 is 5.73 Å². The van der Waals surface area contributed by atoms with Crippen LogP contribution in [-0.4, -0.2) is 16.9 Å². The zero-order valence-electron chi connectivity index (χ0n) is 9.25. The molecular weight excluding hydrogens is 224 g/mol. The molecule has 0 spiro atoms. The summed E-state index contributed by atoms with van der Waals surface area (Å²) in [7, 11) is 0. The normalized spacial score (nSPS) is 19.6. The minimum absolute atomic E-state index is 0.300. The third-order valence-electron chi connectivity index (χ3n) is 2.88. The molecule has 2 atom stereocenters. The van der Waals surface area contributed by atoms with Crippen molar-refractivity contribution < 1.29 is 14.5 Å². The van der Waals surface area contributed by atoms with E-state index in [-0.39, 0.29) is 0 Å². The summed E-state index contributed by atoms with van der Waals surface area (Å²) in [6.45, 7) is 1.69. The highest BCUT2D eigenvalue weighted by atomic mass is 16.6. The topological polar surface area (TPSA) is 95.5 Å². The Morgan fingerprint density at radius 1 is 1.59 bits per heavy atom. The maximum Gasteiger partial charge on any atom is 0.339 e. The Labute approximate surface area is 97.5 Å². The number of carbonyl (C=O) groups is 1. The Morgan fingerprint density at radius 3 is 2.88 bits per heavy atom. The van der Waals surface area contributed by atoms with E-state index in [1.807, 2.05) is 0 Å². The number of rotatable bonds is 3. The molecule has 0 saturated carbocycles. The third kappa shape index (κ3) is 1.82. The number of fused-ring (bicyclic) bond motifs is 1. The van der Waals surface area contributed by atoms with Gasteiger partial charge in [0, 0.05) is 22.6 Å². The average Bonchev–Trinajstić information content (AvgIpc) is 2.57. The molecule has 0 fully saturated rings. The molecule has 6 nitrogen and oxygen atoms in total. The van der Waals surface area contributed by atoms with Crippen LogP contribution in [0.1, 0.15) is 35.4 Å². The van der Waals surface area contributed by atoms with E-state index in [9.17, 15) is 14.9 Å². The summed E-state index contributed by atoms with van der Waals surface area (Å²) in [4.78, 5) is 22.0. The Kier molecular flexibility index (Phi) is 2.71. The lowest BCUT2D eigenvalue weighted by Gasteiger charge is -2.14. The zero-order valence-corrected chi connectivity index (χ0v) is 9.25. The standard InChI is InChI=1S/C11H12N2O4/c1-2-9(13(15)16)10-7-4-3-6(12)5-8(7)11(14)17-10/h3-5,9-10H,2,12H2,1H3. The molecule has 0 radical (unpaired) electrons. The van der Waals surface area contributed by atoms with Gasteiger partial charge in [0.05, 0.1) is 5.56 Å². The summed E-state index contributed by atoms with van der Waals surface area (Å²) in [6, 6.07) is 3.81. The SMILES string of the molecule is CCC(C1OC(=O)c2cc(N)ccc21)[N+](=O)[O-]. The van der Waals surface area contributed by atoms with Crippen molar-refractivity contribution in [3.8, 4) is 0 Å². The fourth-order valence-corrected chi connectivity index (χ4v) is 2.00. The molecule has 0 aliphatic carbocycles. The number of anilines is 1. The van der Waals surface area contributed by atoms with E-state index >= 15 is 0 Å². The molecule has 2 N–H and O–H groups in total. The lowest BCUT2D eigenvalue weighted by Crippen LogP contribution is -2.26. The smallest absolute Gasteiger partial charge is 0.339 e. The van der Waals surface area contributed by atoms with E-state index in [0.29, 0.717) is 23.2 Å². The molecule has 0 aromatic heterocycles. The minimum Gasteiger partial charge on any atom is -0.446 e. The van der Waals surface area contributed by atoms with Crippen LogP contribution in [0.3, 0.4) is 0 Å². The van der Waals surface area contributed by atoms with E-state index in [2.05, 4.69) is 0 Å². The van der Waals surface area contributed by atoms with Crippen LogP contribution in [0.15, 0.2) is 18.2 Å². The van der Waals surface area contributed by atoms with Crippen LogP contribution in [0.2, 0.25) is 0 Å². The predicted octanol–water partition coefficient (Wildman–Crippen LogP) is 1.54. The highest BCUT2D eigenvalue weighted by Crippen LogP contribution is 2.35. The van der Waals surface area contributed by atoms with Gasteiger partial charge in [0.1, 0.15) is 0 Å². The number of nitrogens with two attached hydrogens (primary N) is 1. The maximum atomic E-state index is 11.6. The molecule has 2 unspecified atom stereocenters. The molecular formula is C11H12N2O4. The van der Waals surface area contributed by atoms with Gasteiger partial charge in [-0.25, -0.2) is 4.79 Å². The fourth-order valence-electron chi connectivity index (χ4n) is 2.00. The Bertz CT molecular complexity index is 486. The number of ether oxygens (including phenoxy) is 1. The number of hydrogen-bond acceptors (Lipinski definition) is 5. The Morgan fingerprint density at radius 2 is 2.29 bits per heavy atom. The molecule has 0 bridgehead atoms. The predicted molar refractivity (Wildman–Crippen MR) is 60.1 cm³/mol. The number of nitrogen functional groups attached to an aromatic ring is 1. The van der Waals surface area contributed by atoms with Gasteiger partial charge in [0.25, 0.3) is 6.04 Å². The highest BCUT2D eigenvalue weighted by Gasteiger charge is 2.41. The lowest BCUT2D eigenvalue weighted by molar-refractivity contribution is -0.535. The molecule has 1 heterocycles. The van der Waals surface area contributed by atoms with Gasteiger partial charge in [0.2, 0.25) is 0 Å². The fraction of sp³-hybridized carbons (Fsp3) is 0.364. The summed E-state index contributed by atoms with van der Waals surface area (Å²) in [6.07, 6.45) is -0.507. The maximum absolute atomic E-state index is 11.6. The van der Waals surface area contributed by atoms with Gasteiger partial charge in [-0.1, -0.05) is 13.0 Å². The van der Waals surface area contributed by atoms with Crippen molar-refractivity contribution >= 4 is 11.7 Å². The van der Waals surface area contributed by atoms with Crippen LogP contribution >= 0.6 is 0 Å². The van der Waals surface area contributed by atoms with Crippen molar-refractivity contribution in [1.82, 2.24) is 0 Å². The van der Waals surface area contributed by atoms with Crippen LogP contribution in [0.5, 0.6) is 0 Å². The van der Waals surface area contributed by atoms with Gasteiger partial charge in [-0.15, -0.1) is 0 Å². The molecule has 1 aromatic carbocycles. The van der Waals surface area contributed by atoms with Gasteiger partial charge < -0.3 is 10.5 Å². The quantitative estimate of drug-likeness (QED) is 0.371.